The molecule has 0 fully saturated rings. The van der Waals surface area contributed by atoms with Crippen LogP contribution in [0.2, 0.25) is 0 Å². The molecule has 0 saturated heterocycles. The van der Waals surface area contributed by atoms with Crippen molar-refractivity contribution in [2.75, 3.05) is 0 Å². The number of fused-ring (bicyclic) bond motifs is 1. The molecule has 15 heavy (non-hydrogen) atoms. The molecule has 0 spiro atoms. The molecular formula is C13H16O2. The second-order valence-corrected chi connectivity index (χ2v) is 4.30. The minimum absolute atomic E-state index is 0.197. The number of benzene rings is 1. The molecule has 0 saturated carbocycles. The van der Waals surface area contributed by atoms with Crippen molar-refractivity contribution in [2.24, 2.45) is 5.92 Å². The third kappa shape index (κ3) is 2.04. The lowest BCUT2D eigenvalue weighted by Crippen LogP contribution is -2.12. The predicted octanol–water partition coefficient (Wildman–Crippen LogP) is 2.44. The lowest BCUT2D eigenvalue weighted by atomic mass is 10.0. The van der Waals surface area contributed by atoms with Crippen LogP contribution in [0, 0.1) is 5.92 Å². The van der Waals surface area contributed by atoms with Crippen LogP contribution in [0.4, 0.5) is 0 Å². The lowest BCUT2D eigenvalue weighted by molar-refractivity contribution is -0.141. The van der Waals surface area contributed by atoms with E-state index in [-0.39, 0.29) is 5.92 Å². The molecule has 0 heterocycles. The van der Waals surface area contributed by atoms with Crippen molar-refractivity contribution in [3.8, 4) is 0 Å². The highest BCUT2D eigenvalue weighted by atomic mass is 16.4. The summed E-state index contributed by atoms with van der Waals surface area (Å²) >= 11 is 0. The summed E-state index contributed by atoms with van der Waals surface area (Å²) in [7, 11) is 0. The van der Waals surface area contributed by atoms with Crippen LogP contribution >= 0.6 is 0 Å². The van der Waals surface area contributed by atoms with Gasteiger partial charge in [0, 0.05) is 0 Å². The van der Waals surface area contributed by atoms with Gasteiger partial charge in [-0.3, -0.25) is 4.79 Å². The number of carboxylic acids is 1. The molecule has 1 aromatic rings. The van der Waals surface area contributed by atoms with Crippen LogP contribution in [0.1, 0.15) is 30.0 Å². The zero-order valence-corrected chi connectivity index (χ0v) is 8.99. The van der Waals surface area contributed by atoms with E-state index >= 15 is 0 Å². The Morgan fingerprint density at radius 3 is 2.80 bits per heavy atom. The summed E-state index contributed by atoms with van der Waals surface area (Å²) in [5.74, 6) is -0.861. The molecule has 0 amide bonds. The second-order valence-electron chi connectivity index (χ2n) is 4.30. The Balaban J connectivity index is 2.20. The summed E-state index contributed by atoms with van der Waals surface area (Å²) in [6, 6.07) is 6.41. The first kappa shape index (κ1) is 10.2. The average molecular weight is 204 g/mol. The van der Waals surface area contributed by atoms with E-state index in [9.17, 15) is 4.79 Å². The van der Waals surface area contributed by atoms with Crippen molar-refractivity contribution in [1.29, 1.82) is 0 Å². The molecule has 2 nitrogen and oxygen atoms in total. The van der Waals surface area contributed by atoms with Crippen molar-refractivity contribution in [3.63, 3.8) is 0 Å². The predicted molar refractivity (Wildman–Crippen MR) is 59.0 cm³/mol. The molecule has 1 aliphatic carbocycles. The van der Waals surface area contributed by atoms with E-state index < -0.39 is 5.97 Å². The summed E-state index contributed by atoms with van der Waals surface area (Å²) in [6.07, 6.45) is 3.64. The number of aryl methyl sites for hydroxylation is 1. The van der Waals surface area contributed by atoms with Gasteiger partial charge in [-0.25, -0.2) is 0 Å². The fraction of sp³-hybridized carbons (Fsp3) is 0.462. The Morgan fingerprint density at radius 1 is 1.40 bits per heavy atom. The molecule has 0 bridgehead atoms. The maximum Gasteiger partial charge on any atom is 0.307 e. The SMILES string of the molecule is CCCc1ccc2c(c1)CC(C(=O)O)C2. The van der Waals surface area contributed by atoms with Crippen LogP contribution in [-0.2, 0) is 24.1 Å². The summed E-state index contributed by atoms with van der Waals surface area (Å²) in [4.78, 5) is 10.9. The van der Waals surface area contributed by atoms with E-state index in [1.54, 1.807) is 0 Å². The fourth-order valence-electron chi connectivity index (χ4n) is 2.29. The van der Waals surface area contributed by atoms with E-state index in [1.807, 2.05) is 0 Å². The topological polar surface area (TPSA) is 37.3 Å². The highest BCUT2D eigenvalue weighted by Crippen LogP contribution is 2.28. The molecule has 80 valence electrons. The minimum atomic E-state index is -0.664. The zero-order chi connectivity index (χ0) is 10.8. The molecule has 0 radical (unpaired) electrons. The first-order valence-electron chi connectivity index (χ1n) is 5.54. The van der Waals surface area contributed by atoms with Gasteiger partial charge in [0.1, 0.15) is 0 Å². The van der Waals surface area contributed by atoms with Gasteiger partial charge in [-0.05, 0) is 36.0 Å². The van der Waals surface area contributed by atoms with Gasteiger partial charge in [0.05, 0.1) is 5.92 Å². The van der Waals surface area contributed by atoms with E-state index in [0.717, 1.165) is 12.8 Å². The van der Waals surface area contributed by atoms with Gasteiger partial charge in [-0.15, -0.1) is 0 Å². The number of carboxylic acid groups (broad SMARTS) is 1. The monoisotopic (exact) mass is 204 g/mol. The normalized spacial score (nSPS) is 18.9. The van der Waals surface area contributed by atoms with Crippen LogP contribution in [0.3, 0.4) is 0 Å². The third-order valence-electron chi connectivity index (χ3n) is 3.09. The standard InChI is InChI=1S/C13H16O2/c1-2-3-9-4-5-10-7-12(13(14)15)8-11(10)6-9/h4-6,12H,2-3,7-8H2,1H3,(H,14,15). The first-order chi connectivity index (χ1) is 7.20. The molecule has 1 N–H and O–H groups in total. The smallest absolute Gasteiger partial charge is 0.307 e. The molecular weight excluding hydrogens is 188 g/mol. The van der Waals surface area contributed by atoms with Gasteiger partial charge in [-0.1, -0.05) is 31.5 Å². The molecule has 2 heteroatoms. The van der Waals surface area contributed by atoms with E-state index in [0.29, 0.717) is 12.8 Å². The zero-order valence-electron chi connectivity index (χ0n) is 8.99. The Labute approximate surface area is 89.9 Å². The van der Waals surface area contributed by atoms with E-state index in [1.165, 1.54) is 16.7 Å². The van der Waals surface area contributed by atoms with Crippen LogP contribution in [0.25, 0.3) is 0 Å². The van der Waals surface area contributed by atoms with E-state index in [4.69, 9.17) is 5.11 Å². The van der Waals surface area contributed by atoms with Gasteiger partial charge in [0.25, 0.3) is 0 Å². The van der Waals surface area contributed by atoms with Crippen molar-refractivity contribution in [3.05, 3.63) is 34.9 Å². The van der Waals surface area contributed by atoms with Crippen molar-refractivity contribution >= 4 is 5.97 Å². The molecule has 0 aliphatic heterocycles. The van der Waals surface area contributed by atoms with Crippen molar-refractivity contribution in [2.45, 2.75) is 32.6 Å². The van der Waals surface area contributed by atoms with Gasteiger partial charge < -0.3 is 5.11 Å². The van der Waals surface area contributed by atoms with Gasteiger partial charge in [0.2, 0.25) is 0 Å². The molecule has 1 unspecified atom stereocenters. The molecule has 1 aromatic carbocycles. The van der Waals surface area contributed by atoms with Gasteiger partial charge in [0.15, 0.2) is 0 Å². The number of hydrogen-bond acceptors (Lipinski definition) is 1. The number of carbonyl (C=O) groups is 1. The van der Waals surface area contributed by atoms with E-state index in [2.05, 4.69) is 25.1 Å². The molecule has 2 rings (SSSR count). The third-order valence-corrected chi connectivity index (χ3v) is 3.09. The van der Waals surface area contributed by atoms with Crippen LogP contribution in [-0.4, -0.2) is 11.1 Å². The lowest BCUT2D eigenvalue weighted by Gasteiger charge is -2.02. The summed E-state index contributed by atoms with van der Waals surface area (Å²) in [6.45, 7) is 2.16. The maximum absolute atomic E-state index is 10.9. The summed E-state index contributed by atoms with van der Waals surface area (Å²) in [5.41, 5.74) is 3.80. The van der Waals surface area contributed by atoms with Gasteiger partial charge >= 0.3 is 5.97 Å². The molecule has 1 aliphatic rings. The van der Waals surface area contributed by atoms with Crippen molar-refractivity contribution in [1.82, 2.24) is 0 Å². The Kier molecular flexibility index (Phi) is 2.76. The van der Waals surface area contributed by atoms with Crippen LogP contribution in [0.15, 0.2) is 18.2 Å². The Morgan fingerprint density at radius 2 is 2.13 bits per heavy atom. The highest BCUT2D eigenvalue weighted by molar-refractivity contribution is 5.72. The number of aliphatic carboxylic acids is 1. The summed E-state index contributed by atoms with van der Waals surface area (Å²) < 4.78 is 0. The highest BCUT2D eigenvalue weighted by Gasteiger charge is 2.26. The molecule has 0 aromatic heterocycles. The summed E-state index contributed by atoms with van der Waals surface area (Å²) in [5, 5.41) is 8.96. The quantitative estimate of drug-likeness (QED) is 0.821. The Bertz CT molecular complexity index is 382. The van der Waals surface area contributed by atoms with Crippen LogP contribution < -0.4 is 0 Å². The van der Waals surface area contributed by atoms with Gasteiger partial charge in [-0.2, -0.15) is 0 Å². The average Bonchev–Trinajstić information content (AvgIpc) is 2.61. The first-order valence-corrected chi connectivity index (χ1v) is 5.54. The fourth-order valence-corrected chi connectivity index (χ4v) is 2.29. The maximum atomic E-state index is 10.9. The minimum Gasteiger partial charge on any atom is -0.481 e. The second kappa shape index (κ2) is 4.05. The van der Waals surface area contributed by atoms with Crippen molar-refractivity contribution < 1.29 is 9.90 Å². The largest absolute Gasteiger partial charge is 0.481 e. The number of rotatable bonds is 3. The molecule has 1 atom stereocenters. The number of hydrogen-bond donors (Lipinski definition) is 1. The Hall–Kier alpha value is -1.31. The van der Waals surface area contributed by atoms with Crippen LogP contribution in [0.5, 0.6) is 0 Å².